The van der Waals surface area contributed by atoms with Gasteiger partial charge in [0.05, 0.1) is 11.6 Å². The number of nitriles is 1. The fraction of sp³-hybridized carbons (Fsp3) is 0.235. The van der Waals surface area contributed by atoms with Crippen LogP contribution in [0.25, 0.3) is 5.69 Å². The highest BCUT2D eigenvalue weighted by Gasteiger charge is 2.11. The first-order chi connectivity index (χ1) is 9.99. The molecule has 0 aliphatic heterocycles. The van der Waals surface area contributed by atoms with E-state index in [1.165, 1.54) is 13.8 Å². The molecule has 0 N–H and O–H groups in total. The van der Waals surface area contributed by atoms with Crippen molar-refractivity contribution in [2.24, 2.45) is 0 Å². The second kappa shape index (κ2) is 6.19. The van der Waals surface area contributed by atoms with E-state index >= 15 is 0 Å². The minimum Gasteiger partial charge on any atom is -0.323 e. The van der Waals surface area contributed by atoms with Crippen molar-refractivity contribution in [3.05, 3.63) is 53.3 Å². The van der Waals surface area contributed by atoms with E-state index in [0.717, 1.165) is 16.8 Å². The summed E-state index contributed by atoms with van der Waals surface area (Å²) < 4.78 is 1.89. The molecule has 0 amide bonds. The molecule has 0 atom stereocenters. The molecule has 0 bridgehead atoms. The van der Waals surface area contributed by atoms with Gasteiger partial charge in [-0.2, -0.15) is 5.26 Å². The molecule has 1 aromatic carbocycles. The highest BCUT2D eigenvalue weighted by atomic mass is 16.1. The van der Waals surface area contributed by atoms with E-state index in [9.17, 15) is 9.59 Å². The molecule has 0 saturated carbocycles. The standard InChI is InChI=1S/C17H16N2O2/c1-12(20)7-15-10-19(11-16(15)8-13(2)21)17-5-3-14(9-18)4-6-17/h3-6,10-11H,7-8H2,1-2H3. The molecule has 0 spiro atoms. The lowest BCUT2D eigenvalue weighted by molar-refractivity contribution is -0.117. The van der Waals surface area contributed by atoms with Crippen molar-refractivity contribution in [3.63, 3.8) is 0 Å². The Bertz CT molecular complexity index is 685. The van der Waals surface area contributed by atoms with E-state index in [1.54, 1.807) is 12.1 Å². The zero-order chi connectivity index (χ0) is 15.4. The van der Waals surface area contributed by atoms with E-state index in [1.807, 2.05) is 29.1 Å². The molecule has 21 heavy (non-hydrogen) atoms. The molecule has 2 aromatic rings. The first kappa shape index (κ1) is 14.7. The third kappa shape index (κ3) is 3.67. The number of nitrogens with zero attached hydrogens (tertiary/aromatic N) is 2. The Balaban J connectivity index is 2.39. The summed E-state index contributed by atoms with van der Waals surface area (Å²) in [6.45, 7) is 3.08. The quantitative estimate of drug-likeness (QED) is 0.845. The first-order valence-corrected chi connectivity index (χ1v) is 6.68. The van der Waals surface area contributed by atoms with E-state index in [-0.39, 0.29) is 11.6 Å². The van der Waals surface area contributed by atoms with Crippen LogP contribution in [0.15, 0.2) is 36.7 Å². The Hall–Kier alpha value is -2.67. The predicted molar refractivity (Wildman–Crippen MR) is 79.3 cm³/mol. The van der Waals surface area contributed by atoms with Crippen LogP contribution in [0.4, 0.5) is 0 Å². The number of Topliss-reactive ketones (excluding diaryl/α,β-unsaturated/α-hetero) is 2. The van der Waals surface area contributed by atoms with Crippen LogP contribution >= 0.6 is 0 Å². The smallest absolute Gasteiger partial charge is 0.134 e. The number of aromatic nitrogens is 1. The molecule has 1 heterocycles. The summed E-state index contributed by atoms with van der Waals surface area (Å²) in [5.74, 6) is 0.134. The van der Waals surface area contributed by atoms with E-state index < -0.39 is 0 Å². The SMILES string of the molecule is CC(=O)Cc1cn(-c2ccc(C#N)cc2)cc1CC(C)=O. The van der Waals surface area contributed by atoms with Crippen LogP contribution in [-0.2, 0) is 22.4 Å². The lowest BCUT2D eigenvalue weighted by Crippen LogP contribution is -2.02. The average Bonchev–Trinajstić information content (AvgIpc) is 2.80. The number of ketones is 2. The van der Waals surface area contributed by atoms with Crippen LogP contribution in [-0.4, -0.2) is 16.1 Å². The Kier molecular flexibility index (Phi) is 4.34. The zero-order valence-corrected chi connectivity index (χ0v) is 12.1. The Morgan fingerprint density at radius 1 is 1.00 bits per heavy atom. The molecular weight excluding hydrogens is 264 g/mol. The summed E-state index contributed by atoms with van der Waals surface area (Å²) in [4.78, 5) is 22.7. The summed E-state index contributed by atoms with van der Waals surface area (Å²) in [7, 11) is 0. The Morgan fingerprint density at radius 2 is 1.48 bits per heavy atom. The minimum absolute atomic E-state index is 0.0670. The van der Waals surface area contributed by atoms with Crippen molar-refractivity contribution < 1.29 is 9.59 Å². The van der Waals surface area contributed by atoms with Gasteiger partial charge in [-0.3, -0.25) is 9.59 Å². The number of carbonyl (C=O) groups is 2. The van der Waals surface area contributed by atoms with Crippen LogP contribution in [0.3, 0.4) is 0 Å². The van der Waals surface area contributed by atoms with Crippen molar-refractivity contribution >= 4 is 11.6 Å². The van der Waals surface area contributed by atoms with Gasteiger partial charge in [-0.05, 0) is 49.2 Å². The topological polar surface area (TPSA) is 62.9 Å². The largest absolute Gasteiger partial charge is 0.323 e. The molecule has 0 fully saturated rings. The highest BCUT2D eigenvalue weighted by Crippen LogP contribution is 2.18. The average molecular weight is 280 g/mol. The predicted octanol–water partition coefficient (Wildman–Crippen LogP) is 2.61. The molecule has 2 rings (SSSR count). The van der Waals surface area contributed by atoms with Gasteiger partial charge in [0.2, 0.25) is 0 Å². The van der Waals surface area contributed by atoms with Gasteiger partial charge in [-0.25, -0.2) is 0 Å². The summed E-state index contributed by atoms with van der Waals surface area (Å²) >= 11 is 0. The molecular formula is C17H16N2O2. The molecule has 4 nitrogen and oxygen atoms in total. The highest BCUT2D eigenvalue weighted by molar-refractivity contribution is 5.81. The fourth-order valence-corrected chi connectivity index (χ4v) is 2.25. The van der Waals surface area contributed by atoms with Gasteiger partial charge in [0.15, 0.2) is 0 Å². The molecule has 0 unspecified atom stereocenters. The second-order valence-electron chi connectivity index (χ2n) is 5.13. The minimum atomic E-state index is 0.0670. The third-order valence-corrected chi connectivity index (χ3v) is 3.18. The van der Waals surface area contributed by atoms with Crippen LogP contribution < -0.4 is 0 Å². The van der Waals surface area contributed by atoms with Crippen molar-refractivity contribution in [1.29, 1.82) is 5.26 Å². The number of carbonyl (C=O) groups excluding carboxylic acids is 2. The van der Waals surface area contributed by atoms with E-state index in [4.69, 9.17) is 5.26 Å². The second-order valence-corrected chi connectivity index (χ2v) is 5.13. The van der Waals surface area contributed by atoms with Crippen molar-refractivity contribution in [3.8, 4) is 11.8 Å². The molecule has 4 heteroatoms. The van der Waals surface area contributed by atoms with Crippen molar-refractivity contribution in [1.82, 2.24) is 4.57 Å². The van der Waals surface area contributed by atoms with Crippen molar-refractivity contribution in [2.75, 3.05) is 0 Å². The zero-order valence-electron chi connectivity index (χ0n) is 12.1. The van der Waals surface area contributed by atoms with Gasteiger partial charge in [0.25, 0.3) is 0 Å². The first-order valence-electron chi connectivity index (χ1n) is 6.68. The monoisotopic (exact) mass is 280 g/mol. The Labute approximate surface area is 123 Å². The maximum Gasteiger partial charge on any atom is 0.134 e. The van der Waals surface area contributed by atoms with Crippen LogP contribution in [0.2, 0.25) is 0 Å². The summed E-state index contributed by atoms with van der Waals surface area (Å²) in [5, 5.41) is 8.81. The lowest BCUT2D eigenvalue weighted by Gasteiger charge is -2.02. The molecule has 106 valence electrons. The van der Waals surface area contributed by atoms with E-state index in [0.29, 0.717) is 18.4 Å². The van der Waals surface area contributed by atoms with Crippen LogP contribution in [0, 0.1) is 11.3 Å². The normalized spacial score (nSPS) is 10.1. The maximum atomic E-state index is 11.4. The number of rotatable bonds is 5. The van der Waals surface area contributed by atoms with Crippen molar-refractivity contribution in [2.45, 2.75) is 26.7 Å². The fourth-order valence-electron chi connectivity index (χ4n) is 2.25. The molecule has 0 radical (unpaired) electrons. The third-order valence-electron chi connectivity index (χ3n) is 3.18. The molecule has 0 aliphatic rings. The molecule has 1 aromatic heterocycles. The number of hydrogen-bond donors (Lipinski definition) is 0. The molecule has 0 saturated heterocycles. The number of benzene rings is 1. The Morgan fingerprint density at radius 3 is 1.86 bits per heavy atom. The summed E-state index contributed by atoms with van der Waals surface area (Å²) in [5.41, 5.74) is 3.25. The van der Waals surface area contributed by atoms with E-state index in [2.05, 4.69) is 6.07 Å². The van der Waals surface area contributed by atoms with Gasteiger partial charge < -0.3 is 4.57 Å². The van der Waals surface area contributed by atoms with Gasteiger partial charge in [-0.1, -0.05) is 0 Å². The summed E-state index contributed by atoms with van der Waals surface area (Å²) in [6.07, 6.45) is 4.40. The maximum absolute atomic E-state index is 11.4. The van der Waals surface area contributed by atoms with Gasteiger partial charge >= 0.3 is 0 Å². The van der Waals surface area contributed by atoms with Crippen LogP contribution in [0.5, 0.6) is 0 Å². The van der Waals surface area contributed by atoms with Gasteiger partial charge in [0.1, 0.15) is 11.6 Å². The van der Waals surface area contributed by atoms with Gasteiger partial charge in [0, 0.05) is 30.9 Å². The van der Waals surface area contributed by atoms with Crippen LogP contribution in [0.1, 0.15) is 30.5 Å². The van der Waals surface area contributed by atoms with Gasteiger partial charge in [-0.15, -0.1) is 0 Å². The lowest BCUT2D eigenvalue weighted by atomic mass is 10.0. The molecule has 0 aliphatic carbocycles. The summed E-state index contributed by atoms with van der Waals surface area (Å²) in [6, 6.07) is 9.24. The number of hydrogen-bond acceptors (Lipinski definition) is 3.